The lowest BCUT2D eigenvalue weighted by atomic mass is 9.72. The molecule has 208 valence electrons. The molecule has 0 aliphatic heterocycles. The molecular formula is C34H72. The van der Waals surface area contributed by atoms with Crippen LogP contribution < -0.4 is 0 Å². The van der Waals surface area contributed by atoms with Gasteiger partial charge < -0.3 is 0 Å². The Morgan fingerprint density at radius 2 is 1.15 bits per heavy atom. The molecule has 0 heteroatoms. The second kappa shape index (κ2) is 49.0. The highest BCUT2D eigenvalue weighted by Gasteiger charge is 2.26. The number of unbranched alkanes of at least 4 members (excludes halogenated alkanes) is 1. The lowest BCUT2D eigenvalue weighted by Crippen LogP contribution is -2.19. The zero-order valence-electron chi connectivity index (χ0n) is 27.5. The Balaban J connectivity index is -0.0000000638. The van der Waals surface area contributed by atoms with Gasteiger partial charge in [0.05, 0.1) is 0 Å². The van der Waals surface area contributed by atoms with Gasteiger partial charge in [-0.25, -0.2) is 0 Å². The van der Waals surface area contributed by atoms with Crippen LogP contribution in [-0.2, 0) is 0 Å². The van der Waals surface area contributed by atoms with E-state index in [2.05, 4.69) is 106 Å². The summed E-state index contributed by atoms with van der Waals surface area (Å²) >= 11 is 0. The third-order valence-corrected chi connectivity index (χ3v) is 4.91. The van der Waals surface area contributed by atoms with Gasteiger partial charge in [-0.2, -0.15) is 0 Å². The largest absolute Gasteiger partial charge is 0.106 e. The Labute approximate surface area is 221 Å². The van der Waals surface area contributed by atoms with E-state index in [0.717, 1.165) is 12.8 Å². The maximum atomic E-state index is 3.00. The van der Waals surface area contributed by atoms with Gasteiger partial charge in [-0.15, -0.1) is 13.2 Å². The van der Waals surface area contributed by atoms with E-state index < -0.39 is 0 Å². The zero-order chi connectivity index (χ0) is 29.0. The molecule has 1 atom stereocenters. The number of hydrogen-bond donors (Lipinski definition) is 0. The number of rotatable bonds is 9. The van der Waals surface area contributed by atoms with E-state index in [1.165, 1.54) is 36.8 Å². The van der Waals surface area contributed by atoms with Gasteiger partial charge in [-0.05, 0) is 52.9 Å². The number of allylic oxidation sites excluding steroid dienone is 8. The van der Waals surface area contributed by atoms with Crippen molar-refractivity contribution in [1.29, 1.82) is 0 Å². The van der Waals surface area contributed by atoms with Crippen molar-refractivity contribution in [3.05, 3.63) is 60.3 Å². The molecule has 0 nitrogen and oxygen atoms in total. The van der Waals surface area contributed by atoms with E-state index in [-0.39, 0.29) is 0 Å². The van der Waals surface area contributed by atoms with Gasteiger partial charge in [0.2, 0.25) is 0 Å². The highest BCUT2D eigenvalue weighted by molar-refractivity contribution is 5.26. The zero-order valence-corrected chi connectivity index (χ0v) is 27.5. The quantitative estimate of drug-likeness (QED) is 0.227. The summed E-state index contributed by atoms with van der Waals surface area (Å²) in [5, 5.41) is 0. The van der Waals surface area contributed by atoms with Crippen molar-refractivity contribution in [3.63, 3.8) is 0 Å². The van der Waals surface area contributed by atoms with E-state index in [1.54, 1.807) is 5.57 Å². The van der Waals surface area contributed by atoms with Gasteiger partial charge in [0.25, 0.3) is 0 Å². The molecule has 0 saturated heterocycles. The van der Waals surface area contributed by atoms with Crippen LogP contribution in [0.5, 0.6) is 0 Å². The minimum atomic E-state index is 0.291. The van der Waals surface area contributed by atoms with Crippen LogP contribution in [0.2, 0.25) is 0 Å². The average Bonchev–Trinajstić information content (AvgIpc) is 2.92. The van der Waals surface area contributed by atoms with E-state index in [0.29, 0.717) is 5.41 Å². The van der Waals surface area contributed by atoms with E-state index in [9.17, 15) is 0 Å². The van der Waals surface area contributed by atoms with Crippen LogP contribution in [0.15, 0.2) is 60.3 Å². The molecular weight excluding hydrogens is 408 g/mol. The van der Waals surface area contributed by atoms with Crippen molar-refractivity contribution in [2.24, 2.45) is 5.41 Å². The van der Waals surface area contributed by atoms with E-state index in [1.807, 2.05) is 55.4 Å². The summed E-state index contributed by atoms with van der Waals surface area (Å²) in [6, 6.07) is 0. The van der Waals surface area contributed by atoms with Gasteiger partial charge in [0.15, 0.2) is 0 Å². The van der Waals surface area contributed by atoms with Crippen molar-refractivity contribution in [2.45, 2.75) is 156 Å². The van der Waals surface area contributed by atoms with Crippen LogP contribution in [0.3, 0.4) is 0 Å². The fraction of sp³-hybridized carbons (Fsp3) is 0.706. The van der Waals surface area contributed by atoms with E-state index in [4.69, 9.17) is 0 Å². The Kier molecular flexibility index (Phi) is 71.7. The predicted molar refractivity (Wildman–Crippen MR) is 171 cm³/mol. The highest BCUT2D eigenvalue weighted by atomic mass is 14.3. The molecule has 0 amide bonds. The van der Waals surface area contributed by atoms with Crippen molar-refractivity contribution in [2.75, 3.05) is 0 Å². The monoisotopic (exact) mass is 481 g/mol. The summed E-state index contributed by atoms with van der Waals surface area (Å²) in [5.41, 5.74) is 4.77. The topological polar surface area (TPSA) is 0 Å². The first-order chi connectivity index (χ1) is 16.4. The summed E-state index contributed by atoms with van der Waals surface area (Å²) in [6.07, 6.45) is 18.4. The van der Waals surface area contributed by atoms with Gasteiger partial charge >= 0.3 is 0 Å². The fourth-order valence-electron chi connectivity index (χ4n) is 2.91. The minimum absolute atomic E-state index is 0.291. The molecule has 0 saturated carbocycles. The van der Waals surface area contributed by atoms with Crippen LogP contribution in [0.1, 0.15) is 156 Å². The summed E-state index contributed by atoms with van der Waals surface area (Å²) in [6.45, 7) is 42.0. The summed E-state index contributed by atoms with van der Waals surface area (Å²) in [5.74, 6) is 0. The van der Waals surface area contributed by atoms with Gasteiger partial charge in [-0.3, -0.25) is 0 Å². The molecule has 0 fully saturated rings. The molecule has 0 rings (SSSR count). The second-order valence-electron chi connectivity index (χ2n) is 6.70. The Hall–Kier alpha value is -1.30. The molecule has 34 heavy (non-hydrogen) atoms. The van der Waals surface area contributed by atoms with Crippen molar-refractivity contribution >= 4 is 0 Å². The average molecular weight is 481 g/mol. The lowest BCUT2D eigenvalue weighted by Gasteiger charge is -2.32. The van der Waals surface area contributed by atoms with Crippen LogP contribution in [0.25, 0.3) is 0 Å². The molecule has 1 unspecified atom stereocenters. The Morgan fingerprint density at radius 3 is 1.41 bits per heavy atom. The highest BCUT2D eigenvalue weighted by Crippen LogP contribution is 2.40. The smallest absolute Gasteiger partial charge is 0.00866 e. The molecule has 0 aliphatic carbocycles. The van der Waals surface area contributed by atoms with Crippen LogP contribution >= 0.6 is 0 Å². The first-order valence-electron chi connectivity index (χ1n) is 14.5. The van der Waals surface area contributed by atoms with Gasteiger partial charge in [0.1, 0.15) is 0 Å². The van der Waals surface area contributed by atoms with Crippen LogP contribution in [-0.4, -0.2) is 0 Å². The predicted octanol–water partition coefficient (Wildman–Crippen LogP) is 13.7. The molecule has 0 spiro atoms. The Bertz CT molecular complexity index is 431. The molecule has 0 heterocycles. The summed E-state index contributed by atoms with van der Waals surface area (Å²) < 4.78 is 0. The first kappa shape index (κ1) is 49.8. The summed E-state index contributed by atoms with van der Waals surface area (Å²) in [7, 11) is 0. The standard InChI is InChI=1S/C14H26.C10H18.4C2H6.C2H4/c1-7-11-13(9-3)14(6,10-4)12(5)8-2;1-4-6-7-9-10(3)8-5-2;5*1-2/h8,11H,7,9-10H2,1-6H3;7-9H,4-6H2,1-3H3;4*1-2H3;1-2H2/b12-8-,13-11-;9-7-,10-8-;;;;;. The number of hydrogen-bond acceptors (Lipinski definition) is 0. The molecule has 0 radical (unpaired) electrons. The van der Waals surface area contributed by atoms with Crippen LogP contribution in [0.4, 0.5) is 0 Å². The molecule has 0 aromatic heterocycles. The second-order valence-corrected chi connectivity index (χ2v) is 6.70. The van der Waals surface area contributed by atoms with Crippen LogP contribution in [0, 0.1) is 5.41 Å². The molecule has 0 bridgehead atoms. The fourth-order valence-corrected chi connectivity index (χ4v) is 2.91. The maximum Gasteiger partial charge on any atom is 0.00866 e. The first-order valence-corrected chi connectivity index (χ1v) is 14.5. The molecule has 0 aromatic rings. The van der Waals surface area contributed by atoms with Crippen molar-refractivity contribution in [3.8, 4) is 0 Å². The Morgan fingerprint density at radius 1 is 0.735 bits per heavy atom. The third kappa shape index (κ3) is 32.9. The SMILES string of the molecule is C/C=C(/C)C(C)(CC)/C(=C\CC)CC.C=C.CC.CC.CC.CC.CC/C=C(C)\C=C/CCC. The van der Waals surface area contributed by atoms with Gasteiger partial charge in [0, 0.05) is 5.41 Å². The summed E-state index contributed by atoms with van der Waals surface area (Å²) in [4.78, 5) is 0. The minimum Gasteiger partial charge on any atom is -0.106 e. The lowest BCUT2D eigenvalue weighted by molar-refractivity contribution is 0.445. The van der Waals surface area contributed by atoms with Crippen molar-refractivity contribution < 1.29 is 0 Å². The van der Waals surface area contributed by atoms with Crippen molar-refractivity contribution in [1.82, 2.24) is 0 Å². The maximum absolute atomic E-state index is 3.00. The van der Waals surface area contributed by atoms with Gasteiger partial charge in [-0.1, -0.05) is 150 Å². The third-order valence-electron chi connectivity index (χ3n) is 4.91. The molecule has 0 N–H and O–H groups in total. The molecule has 0 aliphatic rings. The van der Waals surface area contributed by atoms with E-state index >= 15 is 0 Å². The normalized spacial score (nSPS) is 12.1. The molecule has 0 aromatic carbocycles.